The number of ether oxygens (including phenoxy) is 9. The van der Waals surface area contributed by atoms with E-state index < -0.39 is 163 Å². The predicted molar refractivity (Wildman–Crippen MR) is 362 cm³/mol. The van der Waals surface area contributed by atoms with E-state index in [1.165, 1.54) is 27.7 Å². The van der Waals surface area contributed by atoms with Gasteiger partial charge < -0.3 is 137 Å². The van der Waals surface area contributed by atoms with E-state index in [1.807, 2.05) is 0 Å². The van der Waals surface area contributed by atoms with Crippen LogP contribution in [-0.2, 0) is 120 Å². The van der Waals surface area contributed by atoms with Crippen LogP contribution in [-0.4, -0.2) is 273 Å². The van der Waals surface area contributed by atoms with E-state index in [2.05, 4.69) is 52.7 Å². The van der Waals surface area contributed by atoms with Gasteiger partial charge in [0.05, 0.1) is 52.9 Å². The molecule has 0 saturated carbocycles. The maximum atomic E-state index is 11.3. The van der Waals surface area contributed by atoms with Crippen LogP contribution >= 0.6 is 0 Å². The number of nitrogens with zero attached hydrogens (tertiary/aromatic N) is 6. The van der Waals surface area contributed by atoms with Crippen molar-refractivity contribution in [3.8, 4) is 0 Å². The number of aliphatic carboxylic acids is 6. The summed E-state index contributed by atoms with van der Waals surface area (Å²) in [6, 6.07) is -7.64. The summed E-state index contributed by atoms with van der Waals surface area (Å²) in [4.78, 5) is 213. The van der Waals surface area contributed by atoms with Crippen molar-refractivity contribution < 1.29 is 190 Å². The van der Waals surface area contributed by atoms with Crippen LogP contribution in [0.3, 0.4) is 0 Å². The second kappa shape index (κ2) is 71.7. The summed E-state index contributed by atoms with van der Waals surface area (Å²) in [5, 5.41) is 105. The van der Waals surface area contributed by atoms with E-state index in [1.54, 1.807) is 0 Å². The molecule has 57 nitrogen and oxygen atoms in total. The molecule has 0 amide bonds. The lowest BCUT2D eigenvalue weighted by Gasteiger charge is -2.16. The van der Waals surface area contributed by atoms with E-state index in [9.17, 15) is 118 Å². The summed E-state index contributed by atoms with van der Waals surface area (Å²) >= 11 is 0. The summed E-state index contributed by atoms with van der Waals surface area (Å²) in [6.45, 7) is 3.98. The van der Waals surface area contributed by atoms with Crippen LogP contribution < -0.4 is 34.4 Å². The first-order chi connectivity index (χ1) is 52.7. The Hall–Kier alpha value is -11.8. The van der Waals surface area contributed by atoms with E-state index in [-0.39, 0.29) is 111 Å². The molecular formula is C56H100N12O45. The van der Waals surface area contributed by atoms with E-state index in [0.717, 1.165) is 19.3 Å². The van der Waals surface area contributed by atoms with Gasteiger partial charge in [-0.05, 0) is 85.5 Å². The third kappa shape index (κ3) is 81.0. The lowest BCUT2D eigenvalue weighted by atomic mass is 10.1. The molecule has 0 bridgehead atoms. The van der Waals surface area contributed by atoms with Crippen molar-refractivity contribution in [1.82, 2.24) is 0 Å². The van der Waals surface area contributed by atoms with E-state index in [4.69, 9.17) is 84.0 Å². The third-order valence-corrected chi connectivity index (χ3v) is 12.6. The first-order valence-electron chi connectivity index (χ1n) is 33.2. The number of nitrogens with two attached hydrogens (primary N) is 6. The van der Waals surface area contributed by atoms with E-state index >= 15 is 0 Å². The largest absolute Gasteiger partial charge is 0.508 e. The average molecular weight is 1660 g/mol. The van der Waals surface area contributed by atoms with Crippen LogP contribution in [0, 0.1) is 60.7 Å². The molecule has 0 rings (SSSR count). The minimum absolute atomic E-state index is 0.00800. The summed E-state index contributed by atoms with van der Waals surface area (Å²) in [5.41, 5.74) is 31.2. The predicted octanol–water partition coefficient (Wildman–Crippen LogP) is -1.29. The van der Waals surface area contributed by atoms with Gasteiger partial charge in [-0.2, -0.15) is 0 Å². The monoisotopic (exact) mass is 1660 g/mol. The van der Waals surface area contributed by atoms with Crippen LogP contribution in [0.4, 0.5) is 9.59 Å². The van der Waals surface area contributed by atoms with Gasteiger partial charge in [0.2, 0.25) is 0 Å². The Morgan fingerprint density at radius 3 is 0.814 bits per heavy atom. The molecule has 57 heteroatoms. The number of esters is 4. The first-order valence-corrected chi connectivity index (χ1v) is 33.2. The Morgan fingerprint density at radius 2 is 0.504 bits per heavy atom. The van der Waals surface area contributed by atoms with Crippen molar-refractivity contribution in [2.24, 2.45) is 34.4 Å². The molecule has 0 aliphatic rings. The smallest absolute Gasteiger partial charge is 0.480 e. The minimum Gasteiger partial charge on any atom is -0.480 e. The zero-order chi connectivity index (χ0) is 88.0. The van der Waals surface area contributed by atoms with Gasteiger partial charge in [-0.3, -0.25) is 47.9 Å². The molecule has 0 fully saturated rings. The molecule has 0 heterocycles. The summed E-state index contributed by atoms with van der Waals surface area (Å²) in [5.74, 6) is -9.80. The summed E-state index contributed by atoms with van der Waals surface area (Å²) in [6.07, 6.45) is 1.71. The van der Waals surface area contributed by atoms with Crippen molar-refractivity contribution in [2.45, 2.75) is 204 Å². The van der Waals surface area contributed by atoms with Crippen molar-refractivity contribution in [1.29, 1.82) is 0 Å². The van der Waals surface area contributed by atoms with Gasteiger partial charge in [0.15, 0.2) is 0 Å². The second-order valence-corrected chi connectivity index (χ2v) is 21.8. The highest BCUT2D eigenvalue weighted by Crippen LogP contribution is 2.10. The molecule has 113 heavy (non-hydrogen) atoms. The fourth-order valence-electron chi connectivity index (χ4n) is 6.38. The van der Waals surface area contributed by atoms with Gasteiger partial charge in [-0.25, -0.2) is 9.59 Å². The maximum absolute atomic E-state index is 11.3. The van der Waals surface area contributed by atoms with Crippen molar-refractivity contribution in [3.05, 3.63) is 60.7 Å². The molecule has 10 unspecified atom stereocenters. The highest BCUT2D eigenvalue weighted by atomic mass is 17.0. The highest BCUT2D eigenvalue weighted by molar-refractivity contribution is 5.78. The van der Waals surface area contributed by atoms with Gasteiger partial charge in [-0.1, -0.05) is 32.1 Å². The molecule has 0 radical (unpaired) electrons. The number of rotatable bonds is 59. The van der Waals surface area contributed by atoms with Crippen LogP contribution in [0.2, 0.25) is 0 Å². The highest BCUT2D eigenvalue weighted by Gasteiger charge is 2.27. The molecule has 0 aromatic rings. The first kappa shape index (κ1) is 112. The minimum atomic E-state index is -1.35. The topological polar surface area (TPSA) is 880 Å². The SMILES string of the molecule is CC(OC(=O)CCCCCO[N+](=O)[O-])C(N)C(=O)O.CC(OC(=O)CCCO[N+](=O)[O-])C(N)C(=O)O.CC(OC(=O)OCCCCO[N+](=O)[O-])C(N)C(=O)O.CC(OC(=O)OCCOCCO[N+](=O)[O-])C(N)C(=O)O.NC(COC(=O)CCCCCCCO[N+](=O)[O-])C(=O)O.NC(COC(=O)CCCCCO[N+](=O)[O-])C(=O)O. The number of unbranched alkanes of at least 4 members (excludes halogenated alkanes) is 9. The summed E-state index contributed by atoms with van der Waals surface area (Å²) < 4.78 is 42.1. The normalized spacial score (nSPS) is 12.7. The molecule has 18 N–H and O–H groups in total. The Bertz CT molecular complexity index is 2770. The summed E-state index contributed by atoms with van der Waals surface area (Å²) in [7, 11) is 0. The van der Waals surface area contributed by atoms with E-state index in [0.29, 0.717) is 64.2 Å². The molecule has 654 valence electrons. The fourth-order valence-corrected chi connectivity index (χ4v) is 6.38. The Labute approximate surface area is 639 Å². The molecule has 10 atom stereocenters. The van der Waals surface area contributed by atoms with Gasteiger partial charge >= 0.3 is 72.0 Å². The quantitative estimate of drug-likeness (QED) is 0.0111. The van der Waals surface area contributed by atoms with Crippen molar-refractivity contribution in [3.63, 3.8) is 0 Å². The number of carboxylic acid groups (broad SMARTS) is 6. The van der Waals surface area contributed by atoms with Crippen molar-refractivity contribution >= 4 is 72.0 Å². The lowest BCUT2D eigenvalue weighted by Crippen LogP contribution is -2.42. The van der Waals surface area contributed by atoms with Crippen LogP contribution in [0.15, 0.2) is 0 Å². The number of carbonyl (C=O) groups excluding carboxylic acids is 6. The molecular weight excluding hydrogens is 1560 g/mol. The Morgan fingerprint density at radius 1 is 0.274 bits per heavy atom. The number of carboxylic acids is 6. The van der Waals surface area contributed by atoms with Gasteiger partial charge in [-0.15, -0.1) is 60.7 Å². The van der Waals surface area contributed by atoms with Crippen LogP contribution in [0.5, 0.6) is 0 Å². The number of hydrogen-bond acceptors (Lipinski definition) is 45. The molecule has 0 aromatic heterocycles. The average Bonchev–Trinajstić information content (AvgIpc) is 0.944. The van der Waals surface area contributed by atoms with Gasteiger partial charge in [0.25, 0.3) is 30.5 Å². The van der Waals surface area contributed by atoms with Crippen LogP contribution in [0.1, 0.15) is 143 Å². The molecule has 0 aliphatic heterocycles. The Kier molecular flexibility index (Phi) is 71.2. The zero-order valence-electron chi connectivity index (χ0n) is 61.7. The van der Waals surface area contributed by atoms with Crippen LogP contribution in [0.25, 0.3) is 0 Å². The molecule has 0 aromatic carbocycles. The van der Waals surface area contributed by atoms with Gasteiger partial charge in [0, 0.05) is 25.7 Å². The molecule has 0 saturated heterocycles. The standard InChI is InChI=1S/C11H20N2O7.C10H18N2O7.C9H16N2O9.C9H16N2O8.C9H16N2O7.C8H14N2O7/c12-9(11(15)16)8-19-10(14)6-4-2-1-3-5-7-20-13(17)18;1-7(9(11)10(14)15)19-8(13)5-3-2-4-6-18-12(16)17;1-6(7(10)8(12)13)20-9(14)18-4-2-17-3-5-19-11(15)16;1-6(7(10)8(12)13)19-9(14)17-4-2-3-5-18-11(15)16;10-7(9(13)14)6-17-8(12)4-2-1-3-5-18-11(15)16;1-5(7(9)8(12)13)17-6(11)3-2-4-16-10(14)15/h9H,1-8,12H2,(H,15,16);7,9H,2-6,11H2,1H3,(H,14,15);6-7H,2-5,10H2,1H3,(H,12,13);6-7H,2-5,10H2,1H3,(H,12,13);7H,1-6,10H2,(H,13,14);5,7H,2-4,9H2,1H3,(H,12,13). The number of carbonyl (C=O) groups is 12. The zero-order valence-corrected chi connectivity index (χ0v) is 61.7. The third-order valence-electron chi connectivity index (χ3n) is 12.6. The molecule has 0 aliphatic carbocycles. The molecule has 0 spiro atoms. The van der Waals surface area contributed by atoms with Crippen molar-refractivity contribution in [2.75, 3.05) is 79.3 Å². The second-order valence-electron chi connectivity index (χ2n) is 21.8. The Balaban J connectivity index is -0.000000304. The number of hydrogen-bond donors (Lipinski definition) is 12. The fraction of sp³-hybridized carbons (Fsp3) is 0.786. The maximum Gasteiger partial charge on any atom is 0.508 e. The lowest BCUT2D eigenvalue weighted by molar-refractivity contribution is -0.758. The van der Waals surface area contributed by atoms with Gasteiger partial charge in [0.1, 0.15) is 87.1 Å².